The minimum Gasteiger partial charge on any atom is -0.342 e. The quantitative estimate of drug-likeness (QED) is 0.782. The van der Waals surface area contributed by atoms with Crippen LogP contribution in [0.15, 0.2) is 18.2 Å². The van der Waals surface area contributed by atoms with E-state index in [4.69, 9.17) is 5.73 Å². The summed E-state index contributed by atoms with van der Waals surface area (Å²) in [6, 6.07) is 3.98. The highest BCUT2D eigenvalue weighted by atomic mass is 19.1. The first-order valence-electron chi connectivity index (χ1n) is 5.34. The average molecular weight is 234 g/mol. The standard InChI is InChI=1S/C13H15FN2O/c1-3-16(2)13(17)12-9-11(14)7-6-10(12)5-4-8-15/h6-7,9H,3,8,15H2,1-2H3. The van der Waals surface area contributed by atoms with Gasteiger partial charge in [0, 0.05) is 19.2 Å². The average Bonchev–Trinajstić information content (AvgIpc) is 2.35. The molecule has 0 saturated heterocycles. The van der Waals surface area contributed by atoms with Gasteiger partial charge in [0.2, 0.25) is 0 Å². The number of amides is 1. The molecule has 0 aliphatic rings. The molecule has 0 heterocycles. The lowest BCUT2D eigenvalue weighted by atomic mass is 10.1. The molecule has 90 valence electrons. The second-order valence-electron chi connectivity index (χ2n) is 3.52. The van der Waals surface area contributed by atoms with Crippen molar-refractivity contribution >= 4 is 5.91 Å². The normalized spacial score (nSPS) is 9.41. The predicted octanol–water partition coefficient (Wildman–Crippen LogP) is 1.23. The molecule has 4 heteroatoms. The van der Waals surface area contributed by atoms with Gasteiger partial charge in [-0.05, 0) is 25.1 Å². The first-order chi connectivity index (χ1) is 8.10. The number of benzene rings is 1. The van der Waals surface area contributed by atoms with Gasteiger partial charge in [0.15, 0.2) is 0 Å². The van der Waals surface area contributed by atoms with Crippen molar-refractivity contribution in [1.82, 2.24) is 4.90 Å². The zero-order valence-electron chi connectivity index (χ0n) is 9.96. The summed E-state index contributed by atoms with van der Waals surface area (Å²) < 4.78 is 13.2. The lowest BCUT2D eigenvalue weighted by molar-refractivity contribution is 0.0801. The minimum absolute atomic E-state index is 0.203. The van der Waals surface area contributed by atoms with Crippen molar-refractivity contribution in [2.24, 2.45) is 5.73 Å². The second kappa shape index (κ2) is 6.02. The molecule has 3 nitrogen and oxygen atoms in total. The first-order valence-corrected chi connectivity index (χ1v) is 5.34. The van der Waals surface area contributed by atoms with E-state index in [-0.39, 0.29) is 18.0 Å². The number of nitrogens with zero attached hydrogens (tertiary/aromatic N) is 1. The number of hydrogen-bond acceptors (Lipinski definition) is 2. The van der Waals surface area contributed by atoms with E-state index >= 15 is 0 Å². The van der Waals surface area contributed by atoms with Crippen LogP contribution in [-0.2, 0) is 0 Å². The minimum atomic E-state index is -0.448. The van der Waals surface area contributed by atoms with Crippen LogP contribution >= 0.6 is 0 Å². The van der Waals surface area contributed by atoms with Crippen LogP contribution in [0.25, 0.3) is 0 Å². The SMILES string of the molecule is CCN(C)C(=O)c1cc(F)ccc1C#CCN. The lowest BCUT2D eigenvalue weighted by Gasteiger charge is -2.15. The molecule has 0 atom stereocenters. The van der Waals surface area contributed by atoms with Crippen molar-refractivity contribution in [1.29, 1.82) is 0 Å². The summed E-state index contributed by atoms with van der Waals surface area (Å²) in [5.41, 5.74) is 6.05. The summed E-state index contributed by atoms with van der Waals surface area (Å²) >= 11 is 0. The Morgan fingerprint density at radius 2 is 2.24 bits per heavy atom. The molecule has 0 aliphatic carbocycles. The predicted molar refractivity (Wildman–Crippen MR) is 65.0 cm³/mol. The van der Waals surface area contributed by atoms with Gasteiger partial charge in [-0.3, -0.25) is 4.79 Å². The molecule has 0 spiro atoms. The van der Waals surface area contributed by atoms with E-state index in [1.807, 2.05) is 6.92 Å². The molecule has 0 unspecified atom stereocenters. The molecular weight excluding hydrogens is 219 g/mol. The summed E-state index contributed by atoms with van der Waals surface area (Å²) in [4.78, 5) is 13.5. The number of hydrogen-bond donors (Lipinski definition) is 1. The Bertz CT molecular complexity index is 474. The molecular formula is C13H15FN2O. The Morgan fingerprint density at radius 3 is 2.82 bits per heavy atom. The molecule has 1 rings (SSSR count). The zero-order valence-corrected chi connectivity index (χ0v) is 9.96. The van der Waals surface area contributed by atoms with E-state index in [0.717, 1.165) is 0 Å². The molecule has 0 fully saturated rings. The van der Waals surface area contributed by atoms with Gasteiger partial charge in [0.05, 0.1) is 12.1 Å². The molecule has 17 heavy (non-hydrogen) atoms. The Labute approximate surface area is 100 Å². The number of nitrogens with two attached hydrogens (primary N) is 1. The molecule has 0 bridgehead atoms. The fourth-order valence-corrected chi connectivity index (χ4v) is 1.30. The third-order valence-corrected chi connectivity index (χ3v) is 2.36. The van der Waals surface area contributed by atoms with Gasteiger partial charge in [-0.25, -0.2) is 4.39 Å². The first kappa shape index (κ1) is 13.2. The van der Waals surface area contributed by atoms with Gasteiger partial charge in [-0.1, -0.05) is 11.8 Å². The van der Waals surface area contributed by atoms with Crippen LogP contribution in [0.5, 0.6) is 0 Å². The third kappa shape index (κ3) is 3.30. The van der Waals surface area contributed by atoms with Crippen molar-refractivity contribution in [2.45, 2.75) is 6.92 Å². The van der Waals surface area contributed by atoms with Crippen LogP contribution in [0.1, 0.15) is 22.8 Å². The van der Waals surface area contributed by atoms with E-state index in [9.17, 15) is 9.18 Å². The molecule has 1 aromatic carbocycles. The maximum atomic E-state index is 13.2. The Hall–Kier alpha value is -1.86. The molecule has 0 radical (unpaired) electrons. The second-order valence-corrected chi connectivity index (χ2v) is 3.52. The van der Waals surface area contributed by atoms with Crippen molar-refractivity contribution in [3.05, 3.63) is 35.1 Å². The monoisotopic (exact) mass is 234 g/mol. The fourth-order valence-electron chi connectivity index (χ4n) is 1.30. The van der Waals surface area contributed by atoms with Gasteiger partial charge >= 0.3 is 0 Å². The Balaban J connectivity index is 3.19. The highest BCUT2D eigenvalue weighted by Crippen LogP contribution is 2.12. The summed E-state index contributed by atoms with van der Waals surface area (Å²) in [7, 11) is 1.66. The maximum absolute atomic E-state index is 13.2. The number of carbonyl (C=O) groups excluding carboxylic acids is 1. The summed E-state index contributed by atoms with van der Waals surface area (Å²) in [5, 5.41) is 0. The van der Waals surface area contributed by atoms with Crippen LogP contribution in [-0.4, -0.2) is 30.9 Å². The Morgan fingerprint density at radius 1 is 1.53 bits per heavy atom. The van der Waals surface area contributed by atoms with E-state index in [0.29, 0.717) is 12.1 Å². The van der Waals surface area contributed by atoms with Gasteiger partial charge in [0.25, 0.3) is 5.91 Å². The number of carbonyl (C=O) groups is 1. The van der Waals surface area contributed by atoms with Gasteiger partial charge < -0.3 is 10.6 Å². The summed E-state index contributed by atoms with van der Waals surface area (Å²) in [6.07, 6.45) is 0. The molecule has 0 aromatic heterocycles. The third-order valence-electron chi connectivity index (χ3n) is 2.36. The number of halogens is 1. The molecule has 0 aliphatic heterocycles. The van der Waals surface area contributed by atoms with E-state index < -0.39 is 5.82 Å². The van der Waals surface area contributed by atoms with E-state index in [2.05, 4.69) is 11.8 Å². The highest BCUT2D eigenvalue weighted by Gasteiger charge is 2.14. The van der Waals surface area contributed by atoms with Crippen LogP contribution in [0.4, 0.5) is 4.39 Å². The Kier molecular flexibility index (Phi) is 4.68. The molecule has 1 aromatic rings. The number of rotatable bonds is 2. The lowest BCUT2D eigenvalue weighted by Crippen LogP contribution is -2.27. The van der Waals surface area contributed by atoms with Crippen LogP contribution in [0, 0.1) is 17.7 Å². The van der Waals surface area contributed by atoms with E-state index in [1.54, 1.807) is 7.05 Å². The van der Waals surface area contributed by atoms with Gasteiger partial charge in [-0.15, -0.1) is 0 Å². The molecule has 1 amide bonds. The fraction of sp³-hybridized carbons (Fsp3) is 0.308. The largest absolute Gasteiger partial charge is 0.342 e. The summed E-state index contributed by atoms with van der Waals surface area (Å²) in [6.45, 7) is 2.61. The van der Waals surface area contributed by atoms with Crippen LogP contribution < -0.4 is 5.73 Å². The van der Waals surface area contributed by atoms with Crippen molar-refractivity contribution in [2.75, 3.05) is 20.1 Å². The van der Waals surface area contributed by atoms with E-state index in [1.165, 1.54) is 23.1 Å². The summed E-state index contributed by atoms with van der Waals surface area (Å²) in [5.74, 6) is 4.74. The molecule has 0 saturated carbocycles. The topological polar surface area (TPSA) is 46.3 Å². The smallest absolute Gasteiger partial charge is 0.254 e. The molecule has 2 N–H and O–H groups in total. The zero-order chi connectivity index (χ0) is 12.8. The maximum Gasteiger partial charge on any atom is 0.254 e. The van der Waals surface area contributed by atoms with Crippen molar-refractivity contribution in [3.63, 3.8) is 0 Å². The van der Waals surface area contributed by atoms with Crippen molar-refractivity contribution in [3.8, 4) is 11.8 Å². The van der Waals surface area contributed by atoms with Gasteiger partial charge in [0.1, 0.15) is 5.82 Å². The van der Waals surface area contributed by atoms with Crippen LogP contribution in [0.3, 0.4) is 0 Å². The van der Waals surface area contributed by atoms with Crippen LogP contribution in [0.2, 0.25) is 0 Å². The van der Waals surface area contributed by atoms with Gasteiger partial charge in [-0.2, -0.15) is 0 Å². The highest BCUT2D eigenvalue weighted by molar-refractivity contribution is 5.96. The van der Waals surface area contributed by atoms with Crippen molar-refractivity contribution < 1.29 is 9.18 Å².